The van der Waals surface area contributed by atoms with Crippen molar-refractivity contribution in [3.63, 3.8) is 0 Å². The number of hydrogen-bond acceptors (Lipinski definition) is 3. The highest BCUT2D eigenvalue weighted by atomic mass is 35.5. The lowest BCUT2D eigenvalue weighted by molar-refractivity contribution is -0.122. The molecule has 2 amide bonds. The summed E-state index contributed by atoms with van der Waals surface area (Å²) < 4.78 is 14.1. The van der Waals surface area contributed by atoms with Crippen LogP contribution in [0.25, 0.3) is 6.08 Å². The van der Waals surface area contributed by atoms with E-state index in [0.717, 1.165) is 11.0 Å². The fourth-order valence-corrected chi connectivity index (χ4v) is 2.86. The minimum Gasteiger partial charge on any atom is -0.298 e. The molecule has 2 aromatic rings. The third-order valence-corrected chi connectivity index (χ3v) is 4.30. The van der Waals surface area contributed by atoms with E-state index in [1.54, 1.807) is 24.3 Å². The maximum atomic E-state index is 14.1. The molecule has 3 rings (SSSR count). The average molecular weight is 395 g/mol. The number of thiocarbonyl (C=S) groups is 1. The van der Waals surface area contributed by atoms with Crippen LogP contribution >= 0.6 is 35.4 Å². The molecule has 126 valence electrons. The Bertz CT molecular complexity index is 929. The van der Waals surface area contributed by atoms with E-state index in [1.807, 2.05) is 0 Å². The number of anilines is 1. The highest BCUT2D eigenvalue weighted by Gasteiger charge is 2.34. The summed E-state index contributed by atoms with van der Waals surface area (Å²) in [5, 5.41) is 2.73. The zero-order chi connectivity index (χ0) is 18.1. The summed E-state index contributed by atoms with van der Waals surface area (Å²) in [7, 11) is 0. The smallest absolute Gasteiger partial charge is 0.270 e. The number of nitrogens with one attached hydrogen (secondary N) is 1. The largest absolute Gasteiger partial charge is 0.298 e. The van der Waals surface area contributed by atoms with Gasteiger partial charge in [0.05, 0.1) is 10.7 Å². The highest BCUT2D eigenvalue weighted by molar-refractivity contribution is 7.80. The van der Waals surface area contributed by atoms with E-state index in [0.29, 0.717) is 10.7 Å². The first kappa shape index (κ1) is 17.5. The van der Waals surface area contributed by atoms with E-state index in [2.05, 4.69) is 5.32 Å². The van der Waals surface area contributed by atoms with Crippen molar-refractivity contribution in [1.82, 2.24) is 5.32 Å². The Kier molecular flexibility index (Phi) is 4.85. The van der Waals surface area contributed by atoms with Crippen LogP contribution in [0.3, 0.4) is 0 Å². The minimum atomic E-state index is -0.719. The van der Waals surface area contributed by atoms with Crippen molar-refractivity contribution in [3.05, 3.63) is 69.5 Å². The van der Waals surface area contributed by atoms with Crippen LogP contribution in [-0.4, -0.2) is 16.9 Å². The molecule has 2 aromatic carbocycles. The Morgan fingerprint density at radius 2 is 1.76 bits per heavy atom. The number of nitrogens with zero attached hydrogens (tertiary/aromatic N) is 1. The molecule has 4 nitrogen and oxygen atoms in total. The predicted molar refractivity (Wildman–Crippen MR) is 99.1 cm³/mol. The molecule has 0 atom stereocenters. The molecular formula is C17H9Cl2FN2O2S. The van der Waals surface area contributed by atoms with E-state index in [4.69, 9.17) is 35.4 Å². The first-order valence-electron chi connectivity index (χ1n) is 6.99. The van der Waals surface area contributed by atoms with Gasteiger partial charge in [0, 0.05) is 10.6 Å². The standard InChI is InChI=1S/C17H9Cl2FN2O2S/c18-10-4-6-11(7-5-10)22-16(24)12(15(23)21-17(22)25)8-9-2-1-3-13(19)14(9)20/h1-8H,(H,21,23,25). The maximum absolute atomic E-state index is 14.1. The van der Waals surface area contributed by atoms with E-state index >= 15 is 0 Å². The minimum absolute atomic E-state index is 0.0230. The summed E-state index contributed by atoms with van der Waals surface area (Å²) in [5.74, 6) is -2.10. The number of rotatable bonds is 2. The molecule has 1 aliphatic heterocycles. The van der Waals surface area contributed by atoms with Gasteiger partial charge in [-0.1, -0.05) is 35.3 Å². The fraction of sp³-hybridized carbons (Fsp3) is 0. The molecule has 1 aliphatic rings. The second kappa shape index (κ2) is 6.92. The van der Waals surface area contributed by atoms with Gasteiger partial charge in [-0.15, -0.1) is 0 Å². The van der Waals surface area contributed by atoms with Crippen LogP contribution < -0.4 is 10.2 Å². The monoisotopic (exact) mass is 394 g/mol. The van der Waals surface area contributed by atoms with Gasteiger partial charge in [-0.05, 0) is 48.6 Å². The maximum Gasteiger partial charge on any atom is 0.270 e. The molecule has 0 radical (unpaired) electrons. The quantitative estimate of drug-likeness (QED) is 0.476. The first-order chi connectivity index (χ1) is 11.9. The molecule has 1 heterocycles. The molecule has 0 unspecified atom stereocenters. The van der Waals surface area contributed by atoms with Crippen LogP contribution in [0.2, 0.25) is 10.0 Å². The zero-order valence-corrected chi connectivity index (χ0v) is 14.8. The molecule has 1 fully saturated rings. The van der Waals surface area contributed by atoms with E-state index in [1.165, 1.54) is 18.2 Å². The Morgan fingerprint density at radius 1 is 1.08 bits per heavy atom. The molecule has 0 bridgehead atoms. The molecule has 0 aliphatic carbocycles. The molecule has 1 saturated heterocycles. The van der Waals surface area contributed by atoms with Gasteiger partial charge >= 0.3 is 0 Å². The number of hydrogen-bond donors (Lipinski definition) is 1. The average Bonchev–Trinajstić information content (AvgIpc) is 2.56. The van der Waals surface area contributed by atoms with Gasteiger partial charge in [0.1, 0.15) is 11.4 Å². The third-order valence-electron chi connectivity index (χ3n) is 3.47. The predicted octanol–water partition coefficient (Wildman–Crippen LogP) is 3.96. The molecule has 0 aromatic heterocycles. The van der Waals surface area contributed by atoms with Crippen LogP contribution in [0.4, 0.5) is 10.1 Å². The van der Waals surface area contributed by atoms with Crippen molar-refractivity contribution in [3.8, 4) is 0 Å². The highest BCUT2D eigenvalue weighted by Crippen LogP contribution is 2.25. The van der Waals surface area contributed by atoms with Crippen LogP contribution in [0.15, 0.2) is 48.0 Å². The molecule has 0 saturated carbocycles. The van der Waals surface area contributed by atoms with Crippen LogP contribution in [0, 0.1) is 5.82 Å². The van der Waals surface area contributed by atoms with E-state index in [-0.39, 0.29) is 21.3 Å². The topological polar surface area (TPSA) is 49.4 Å². The van der Waals surface area contributed by atoms with Gasteiger partial charge in [0.2, 0.25) is 0 Å². The number of amides is 2. The van der Waals surface area contributed by atoms with Crippen LogP contribution in [0.1, 0.15) is 5.56 Å². The summed E-state index contributed by atoms with van der Waals surface area (Å²) in [6.07, 6.45) is 1.14. The van der Waals surface area contributed by atoms with Crippen molar-refractivity contribution < 1.29 is 14.0 Å². The lowest BCUT2D eigenvalue weighted by Gasteiger charge is -2.29. The van der Waals surface area contributed by atoms with Gasteiger partial charge in [-0.2, -0.15) is 0 Å². The molecule has 8 heteroatoms. The second-order valence-electron chi connectivity index (χ2n) is 5.08. The van der Waals surface area contributed by atoms with Crippen molar-refractivity contribution in [2.75, 3.05) is 4.90 Å². The Labute approximate surface area is 157 Å². The molecular weight excluding hydrogens is 386 g/mol. The summed E-state index contributed by atoms with van der Waals surface area (Å²) in [4.78, 5) is 26.0. The normalized spacial score (nSPS) is 16.4. The van der Waals surface area contributed by atoms with Gasteiger partial charge < -0.3 is 0 Å². The zero-order valence-electron chi connectivity index (χ0n) is 12.4. The van der Waals surface area contributed by atoms with Crippen molar-refractivity contribution in [2.45, 2.75) is 0 Å². The number of carbonyl (C=O) groups excluding carboxylic acids is 2. The van der Waals surface area contributed by atoms with Crippen molar-refractivity contribution >= 4 is 64.1 Å². The van der Waals surface area contributed by atoms with Gasteiger partial charge in [0.25, 0.3) is 11.8 Å². The van der Waals surface area contributed by atoms with Crippen molar-refractivity contribution in [1.29, 1.82) is 0 Å². The SMILES string of the molecule is O=C1NC(=S)N(c2ccc(Cl)cc2)C(=O)C1=Cc1cccc(Cl)c1F. The molecule has 0 spiro atoms. The number of carbonyl (C=O) groups is 2. The molecule has 1 N–H and O–H groups in total. The first-order valence-corrected chi connectivity index (χ1v) is 8.16. The lowest BCUT2D eigenvalue weighted by Crippen LogP contribution is -2.54. The van der Waals surface area contributed by atoms with Gasteiger partial charge in [-0.25, -0.2) is 4.39 Å². The Morgan fingerprint density at radius 3 is 2.44 bits per heavy atom. The summed E-state index contributed by atoms with van der Waals surface area (Å²) >= 11 is 16.7. The van der Waals surface area contributed by atoms with Crippen molar-refractivity contribution in [2.24, 2.45) is 0 Å². The Hall–Kier alpha value is -2.28. The summed E-state index contributed by atoms with van der Waals surface area (Å²) in [5.41, 5.74) is 0.191. The second-order valence-corrected chi connectivity index (χ2v) is 6.31. The third kappa shape index (κ3) is 3.42. The van der Waals surface area contributed by atoms with Crippen LogP contribution in [0.5, 0.6) is 0 Å². The van der Waals surface area contributed by atoms with Gasteiger partial charge in [0.15, 0.2) is 5.11 Å². The van der Waals surface area contributed by atoms with Crippen LogP contribution in [-0.2, 0) is 9.59 Å². The summed E-state index contributed by atoms with van der Waals surface area (Å²) in [6.45, 7) is 0. The van der Waals surface area contributed by atoms with E-state index in [9.17, 15) is 14.0 Å². The van der Waals surface area contributed by atoms with E-state index < -0.39 is 17.6 Å². The Balaban J connectivity index is 2.05. The summed E-state index contributed by atoms with van der Waals surface area (Å²) in [6, 6.07) is 10.6. The molecule has 25 heavy (non-hydrogen) atoms. The fourth-order valence-electron chi connectivity index (χ4n) is 2.27. The number of halogens is 3. The lowest BCUT2D eigenvalue weighted by atomic mass is 10.1. The number of benzene rings is 2. The van der Waals surface area contributed by atoms with Gasteiger partial charge in [-0.3, -0.25) is 19.8 Å².